The van der Waals surface area contributed by atoms with Gasteiger partial charge >= 0.3 is 5.97 Å². The van der Waals surface area contributed by atoms with Gasteiger partial charge in [0.25, 0.3) is 0 Å². The van der Waals surface area contributed by atoms with Crippen LogP contribution in [-0.4, -0.2) is 24.1 Å². The summed E-state index contributed by atoms with van der Waals surface area (Å²) in [4.78, 5) is 24.0. The van der Waals surface area contributed by atoms with E-state index in [1.807, 2.05) is 18.2 Å². The number of carbonyl (C=O) groups is 2. The molecule has 0 bridgehead atoms. The van der Waals surface area contributed by atoms with Gasteiger partial charge in [-0.05, 0) is 19.1 Å². The molecule has 7 heteroatoms. The lowest BCUT2D eigenvalue weighted by Crippen LogP contribution is -2.17. The first-order valence-corrected chi connectivity index (χ1v) is 7.74. The smallest absolute Gasteiger partial charge is 0.307 e. The van der Waals surface area contributed by atoms with Crippen LogP contribution in [0, 0.1) is 11.3 Å². The first kappa shape index (κ1) is 18.1. The number of ether oxygens (including phenoxy) is 1. The molecule has 0 saturated carbocycles. The molecule has 5 nitrogen and oxygen atoms in total. The fourth-order valence-electron chi connectivity index (χ4n) is 1.47. The Morgan fingerprint density at radius 2 is 2.09 bits per heavy atom. The van der Waals surface area contributed by atoms with Gasteiger partial charge in [0.05, 0.1) is 11.4 Å². The van der Waals surface area contributed by atoms with Crippen LogP contribution < -0.4 is 5.73 Å². The number of hydrogen-bond donors (Lipinski definition) is 1. The van der Waals surface area contributed by atoms with Crippen molar-refractivity contribution in [3.63, 3.8) is 0 Å². The zero-order valence-electron chi connectivity index (χ0n) is 12.0. The van der Waals surface area contributed by atoms with Crippen LogP contribution in [0.4, 0.5) is 0 Å². The van der Waals surface area contributed by atoms with E-state index in [-0.39, 0.29) is 17.7 Å². The number of rotatable bonds is 7. The van der Waals surface area contributed by atoms with Crippen molar-refractivity contribution in [1.82, 2.24) is 0 Å². The van der Waals surface area contributed by atoms with Crippen LogP contribution in [0.2, 0.25) is 5.02 Å². The van der Waals surface area contributed by atoms with Crippen LogP contribution >= 0.6 is 23.4 Å². The Labute approximate surface area is 138 Å². The molecule has 2 N–H and O–H groups in total. The summed E-state index contributed by atoms with van der Waals surface area (Å²) < 4.78 is 4.83. The second kappa shape index (κ2) is 9.13. The molecule has 0 heterocycles. The molecule has 0 fully saturated rings. The molecule has 0 aliphatic rings. The molecule has 0 aromatic heterocycles. The lowest BCUT2D eigenvalue weighted by Gasteiger charge is -2.05. The lowest BCUT2D eigenvalue weighted by molar-refractivity contribution is -0.146. The van der Waals surface area contributed by atoms with Gasteiger partial charge in [-0.15, -0.1) is 11.8 Å². The summed E-state index contributed by atoms with van der Waals surface area (Å²) in [6, 6.07) is 9.00. The molecule has 0 aliphatic heterocycles. The number of Topliss-reactive ketones (excluding diaryl/α,β-unsaturated/α-hetero) is 1. The fourth-order valence-corrected chi connectivity index (χ4v) is 2.64. The number of allylic oxidation sites excluding steroid dienone is 1. The first-order chi connectivity index (χ1) is 10.5. The van der Waals surface area contributed by atoms with Gasteiger partial charge in [0.1, 0.15) is 11.6 Å². The Kier molecular flexibility index (Phi) is 7.50. The molecule has 0 atom stereocenters. The van der Waals surface area contributed by atoms with Crippen molar-refractivity contribution in [2.45, 2.75) is 18.2 Å². The minimum absolute atomic E-state index is 0.109. The third-order valence-electron chi connectivity index (χ3n) is 2.55. The van der Waals surface area contributed by atoms with Gasteiger partial charge in [-0.3, -0.25) is 9.59 Å². The first-order valence-electron chi connectivity index (χ1n) is 6.38. The van der Waals surface area contributed by atoms with Crippen molar-refractivity contribution in [2.24, 2.45) is 5.73 Å². The molecule has 1 aromatic rings. The zero-order valence-corrected chi connectivity index (χ0v) is 13.5. The van der Waals surface area contributed by atoms with Crippen LogP contribution in [0.25, 0.3) is 0 Å². The van der Waals surface area contributed by atoms with E-state index in [0.29, 0.717) is 10.8 Å². The maximum atomic E-state index is 11.6. The molecule has 0 amide bonds. The summed E-state index contributed by atoms with van der Waals surface area (Å²) in [5, 5.41) is 9.38. The minimum Gasteiger partial charge on any atom is -0.457 e. The maximum absolute atomic E-state index is 11.6. The van der Waals surface area contributed by atoms with E-state index >= 15 is 0 Å². The molecular weight excluding hydrogens is 324 g/mol. The molecular formula is C15H15ClN2O3S. The molecule has 0 saturated heterocycles. The normalized spacial score (nSPS) is 11.3. The molecule has 0 radical (unpaired) electrons. The van der Waals surface area contributed by atoms with Crippen molar-refractivity contribution in [3.8, 4) is 6.07 Å². The van der Waals surface area contributed by atoms with Gasteiger partial charge in [0.15, 0.2) is 6.61 Å². The third kappa shape index (κ3) is 5.80. The Bertz CT molecular complexity index is 634. The van der Waals surface area contributed by atoms with Gasteiger partial charge in [-0.25, -0.2) is 0 Å². The van der Waals surface area contributed by atoms with E-state index in [0.717, 1.165) is 4.90 Å². The van der Waals surface area contributed by atoms with Crippen LogP contribution in [0.5, 0.6) is 0 Å². The predicted molar refractivity (Wildman–Crippen MR) is 85.3 cm³/mol. The van der Waals surface area contributed by atoms with E-state index in [1.54, 1.807) is 12.1 Å². The molecule has 116 valence electrons. The topological polar surface area (TPSA) is 93.2 Å². The standard InChI is InChI=1S/C15H15ClN2O3S/c1-10(18)11(8-17)13(19)9-21-15(20)6-7-22-14-5-3-2-4-12(14)16/h2-5H,6-7,9,18H2,1H3/b11-10+. The van der Waals surface area contributed by atoms with Crippen molar-refractivity contribution >= 4 is 35.1 Å². The van der Waals surface area contributed by atoms with Gasteiger partial charge in [0, 0.05) is 16.3 Å². The Hall–Kier alpha value is -1.97. The average molecular weight is 339 g/mol. The maximum Gasteiger partial charge on any atom is 0.307 e. The zero-order chi connectivity index (χ0) is 16.5. The largest absolute Gasteiger partial charge is 0.457 e. The van der Waals surface area contributed by atoms with Crippen LogP contribution in [0.3, 0.4) is 0 Å². The Morgan fingerprint density at radius 1 is 1.41 bits per heavy atom. The van der Waals surface area contributed by atoms with Crippen molar-refractivity contribution < 1.29 is 14.3 Å². The summed E-state index contributed by atoms with van der Waals surface area (Å²) in [6.07, 6.45) is 0.135. The summed E-state index contributed by atoms with van der Waals surface area (Å²) >= 11 is 7.42. The number of esters is 1. The average Bonchev–Trinajstić information content (AvgIpc) is 2.47. The summed E-state index contributed by atoms with van der Waals surface area (Å²) in [5.74, 6) is -0.636. The number of thioether (sulfide) groups is 1. The number of hydrogen-bond acceptors (Lipinski definition) is 6. The van der Waals surface area contributed by atoms with Gasteiger partial charge < -0.3 is 10.5 Å². The predicted octanol–water partition coefficient (Wildman–Crippen LogP) is 2.69. The van der Waals surface area contributed by atoms with Crippen LogP contribution in [0.1, 0.15) is 13.3 Å². The SMILES string of the molecule is C/C(N)=C(/C#N)C(=O)COC(=O)CCSc1ccccc1Cl. The van der Waals surface area contributed by atoms with Crippen LogP contribution in [-0.2, 0) is 14.3 Å². The van der Waals surface area contributed by atoms with Crippen LogP contribution in [0.15, 0.2) is 40.4 Å². The molecule has 22 heavy (non-hydrogen) atoms. The number of carbonyl (C=O) groups excluding carboxylic acids is 2. The highest BCUT2D eigenvalue weighted by molar-refractivity contribution is 7.99. The number of nitriles is 1. The quantitative estimate of drug-likeness (QED) is 0.355. The third-order valence-corrected chi connectivity index (χ3v) is 4.07. The monoisotopic (exact) mass is 338 g/mol. The molecule has 1 rings (SSSR count). The Morgan fingerprint density at radius 3 is 2.68 bits per heavy atom. The van der Waals surface area contributed by atoms with E-state index < -0.39 is 18.4 Å². The van der Waals surface area contributed by atoms with E-state index in [9.17, 15) is 9.59 Å². The molecule has 0 unspecified atom stereocenters. The highest BCUT2D eigenvalue weighted by atomic mass is 35.5. The highest BCUT2D eigenvalue weighted by Gasteiger charge is 2.14. The minimum atomic E-state index is -0.602. The molecule has 0 aliphatic carbocycles. The van der Waals surface area contributed by atoms with Crippen molar-refractivity contribution in [2.75, 3.05) is 12.4 Å². The molecule has 0 spiro atoms. The number of benzene rings is 1. The number of nitrogens with two attached hydrogens (primary N) is 1. The van der Waals surface area contributed by atoms with E-state index in [2.05, 4.69) is 0 Å². The number of nitrogens with zero attached hydrogens (tertiary/aromatic N) is 1. The van der Waals surface area contributed by atoms with E-state index in [4.69, 9.17) is 27.3 Å². The fraction of sp³-hybridized carbons (Fsp3) is 0.267. The van der Waals surface area contributed by atoms with Crippen molar-refractivity contribution in [1.29, 1.82) is 5.26 Å². The Balaban J connectivity index is 2.36. The highest BCUT2D eigenvalue weighted by Crippen LogP contribution is 2.26. The summed E-state index contributed by atoms with van der Waals surface area (Å²) in [6.45, 7) is 0.964. The second-order valence-electron chi connectivity index (χ2n) is 4.28. The van der Waals surface area contributed by atoms with Crippen molar-refractivity contribution in [3.05, 3.63) is 40.6 Å². The summed E-state index contributed by atoms with van der Waals surface area (Å²) in [7, 11) is 0. The number of halogens is 1. The lowest BCUT2D eigenvalue weighted by atomic mass is 10.1. The molecule has 1 aromatic carbocycles. The summed E-state index contributed by atoms with van der Waals surface area (Å²) in [5.41, 5.74) is 5.32. The van der Waals surface area contributed by atoms with E-state index in [1.165, 1.54) is 18.7 Å². The van der Waals surface area contributed by atoms with Gasteiger partial charge in [-0.1, -0.05) is 23.7 Å². The second-order valence-corrected chi connectivity index (χ2v) is 5.83. The number of ketones is 1. The van der Waals surface area contributed by atoms with Gasteiger partial charge in [-0.2, -0.15) is 5.26 Å². The van der Waals surface area contributed by atoms with Gasteiger partial charge in [0.2, 0.25) is 5.78 Å².